The molecule has 3 aromatic carbocycles. The lowest BCUT2D eigenvalue weighted by Gasteiger charge is -2.15. The summed E-state index contributed by atoms with van der Waals surface area (Å²) in [5.41, 5.74) is 5.66. The number of hydrazone groups is 1. The number of thioether (sulfide) groups is 1. The van der Waals surface area contributed by atoms with E-state index >= 15 is 0 Å². The number of para-hydroxylation sites is 1. The minimum absolute atomic E-state index is 0.0810. The molecule has 0 unspecified atom stereocenters. The predicted octanol–water partition coefficient (Wildman–Crippen LogP) is 5.25. The highest BCUT2D eigenvalue weighted by Crippen LogP contribution is 2.41. The fraction of sp³-hybridized carbons (Fsp3) is 0.185. The summed E-state index contributed by atoms with van der Waals surface area (Å²) >= 11 is 7.19. The molecule has 4 aromatic rings. The number of halogens is 1. The summed E-state index contributed by atoms with van der Waals surface area (Å²) < 4.78 is 18.4. The van der Waals surface area contributed by atoms with E-state index in [1.54, 1.807) is 45.6 Å². The maximum atomic E-state index is 12.6. The highest BCUT2D eigenvalue weighted by molar-refractivity contribution is 7.99. The molecule has 0 fully saturated rings. The van der Waals surface area contributed by atoms with Crippen molar-refractivity contribution in [2.75, 3.05) is 27.1 Å². The average Bonchev–Trinajstić information content (AvgIpc) is 3.38. The predicted molar refractivity (Wildman–Crippen MR) is 149 cm³/mol. The van der Waals surface area contributed by atoms with Crippen molar-refractivity contribution in [2.45, 2.75) is 12.1 Å². The number of amides is 1. The molecule has 196 valence electrons. The van der Waals surface area contributed by atoms with Crippen LogP contribution >= 0.6 is 23.4 Å². The molecule has 0 aliphatic rings. The molecule has 1 N–H and O–H groups in total. The quantitative estimate of drug-likeness (QED) is 0.163. The number of aromatic nitrogens is 3. The van der Waals surface area contributed by atoms with Crippen LogP contribution in [-0.4, -0.2) is 53.5 Å². The highest BCUT2D eigenvalue weighted by Gasteiger charge is 2.21. The maximum absolute atomic E-state index is 12.6. The van der Waals surface area contributed by atoms with Crippen molar-refractivity contribution in [3.8, 4) is 34.3 Å². The van der Waals surface area contributed by atoms with Gasteiger partial charge in [-0.2, -0.15) is 5.10 Å². The zero-order valence-corrected chi connectivity index (χ0v) is 22.8. The van der Waals surface area contributed by atoms with Gasteiger partial charge in [0.1, 0.15) is 0 Å². The molecule has 0 spiro atoms. The Morgan fingerprint density at radius 2 is 1.63 bits per heavy atom. The third kappa shape index (κ3) is 6.09. The van der Waals surface area contributed by atoms with Crippen LogP contribution in [0, 0.1) is 0 Å². The van der Waals surface area contributed by atoms with E-state index in [-0.39, 0.29) is 11.7 Å². The smallest absolute Gasteiger partial charge is 0.250 e. The second-order valence-electron chi connectivity index (χ2n) is 7.92. The Balaban J connectivity index is 1.60. The lowest BCUT2D eigenvalue weighted by Crippen LogP contribution is -2.21. The van der Waals surface area contributed by atoms with E-state index in [9.17, 15) is 4.79 Å². The van der Waals surface area contributed by atoms with Crippen molar-refractivity contribution < 1.29 is 19.0 Å². The summed E-state index contributed by atoms with van der Waals surface area (Å²) in [4.78, 5) is 12.6. The van der Waals surface area contributed by atoms with E-state index in [2.05, 4.69) is 20.7 Å². The molecule has 38 heavy (non-hydrogen) atoms. The minimum Gasteiger partial charge on any atom is -0.493 e. The van der Waals surface area contributed by atoms with E-state index in [0.717, 1.165) is 11.3 Å². The summed E-state index contributed by atoms with van der Waals surface area (Å²) in [5, 5.41) is 14.2. The first kappa shape index (κ1) is 27.0. The van der Waals surface area contributed by atoms with Crippen LogP contribution in [0.25, 0.3) is 17.1 Å². The Hall–Kier alpha value is -4.02. The Morgan fingerprint density at radius 1 is 0.974 bits per heavy atom. The van der Waals surface area contributed by atoms with Gasteiger partial charge >= 0.3 is 0 Å². The van der Waals surface area contributed by atoms with Crippen LogP contribution in [0.2, 0.25) is 5.02 Å². The summed E-state index contributed by atoms with van der Waals surface area (Å²) in [5.74, 6) is 1.82. The van der Waals surface area contributed by atoms with Gasteiger partial charge in [0.25, 0.3) is 5.91 Å². The third-order valence-electron chi connectivity index (χ3n) is 5.51. The summed E-state index contributed by atoms with van der Waals surface area (Å²) in [6.45, 7) is 1.81. The molecule has 0 aliphatic heterocycles. The Kier molecular flexibility index (Phi) is 8.88. The molecule has 4 rings (SSSR count). The number of hydrogen-bond donors (Lipinski definition) is 1. The summed E-state index contributed by atoms with van der Waals surface area (Å²) in [7, 11) is 4.66. The van der Waals surface area contributed by atoms with E-state index in [1.807, 2.05) is 54.0 Å². The molecule has 0 bridgehead atoms. The van der Waals surface area contributed by atoms with Gasteiger partial charge in [-0.25, -0.2) is 5.43 Å². The van der Waals surface area contributed by atoms with Crippen molar-refractivity contribution in [2.24, 2.45) is 5.10 Å². The summed E-state index contributed by atoms with van der Waals surface area (Å²) in [6.07, 6.45) is 0. The number of nitrogens with zero attached hydrogens (tertiary/aromatic N) is 4. The van der Waals surface area contributed by atoms with E-state index in [0.29, 0.717) is 44.5 Å². The second kappa shape index (κ2) is 12.5. The molecule has 1 amide bonds. The van der Waals surface area contributed by atoms with Crippen LogP contribution < -0.4 is 19.6 Å². The number of methoxy groups -OCH3 is 3. The summed E-state index contributed by atoms with van der Waals surface area (Å²) in [6, 6.07) is 20.5. The number of ether oxygens (including phenoxy) is 3. The molecule has 9 nitrogen and oxygen atoms in total. The van der Waals surface area contributed by atoms with Crippen LogP contribution in [-0.2, 0) is 4.79 Å². The first-order valence-electron chi connectivity index (χ1n) is 11.5. The largest absolute Gasteiger partial charge is 0.493 e. The Bertz CT molecular complexity index is 1420. The molecule has 0 aliphatic carbocycles. The molecular formula is C27H26ClN5O4S. The van der Waals surface area contributed by atoms with Crippen LogP contribution in [0.5, 0.6) is 17.2 Å². The van der Waals surface area contributed by atoms with E-state index in [1.165, 1.54) is 11.8 Å². The number of rotatable bonds is 10. The van der Waals surface area contributed by atoms with Gasteiger partial charge in [-0.15, -0.1) is 10.2 Å². The van der Waals surface area contributed by atoms with Crippen molar-refractivity contribution >= 4 is 35.0 Å². The van der Waals surface area contributed by atoms with Crippen LogP contribution in [0.1, 0.15) is 12.5 Å². The van der Waals surface area contributed by atoms with Crippen molar-refractivity contribution in [3.05, 3.63) is 77.3 Å². The van der Waals surface area contributed by atoms with Crippen LogP contribution in [0.4, 0.5) is 0 Å². The fourth-order valence-electron chi connectivity index (χ4n) is 3.63. The maximum Gasteiger partial charge on any atom is 0.250 e. The number of carbonyl (C=O) groups excluding carboxylic acids is 1. The van der Waals surface area contributed by atoms with Crippen LogP contribution in [0.3, 0.4) is 0 Å². The normalized spacial score (nSPS) is 11.2. The molecular weight excluding hydrogens is 526 g/mol. The molecule has 0 atom stereocenters. The molecule has 1 heterocycles. The van der Waals surface area contributed by atoms with Gasteiger partial charge in [-0.1, -0.05) is 53.7 Å². The molecule has 0 radical (unpaired) electrons. The monoisotopic (exact) mass is 551 g/mol. The van der Waals surface area contributed by atoms with Crippen LogP contribution in [0.15, 0.2) is 77.0 Å². The van der Waals surface area contributed by atoms with Gasteiger partial charge < -0.3 is 14.2 Å². The number of hydrogen-bond acceptors (Lipinski definition) is 8. The first-order chi connectivity index (χ1) is 18.4. The molecule has 0 saturated carbocycles. The number of nitrogens with one attached hydrogen (secondary N) is 1. The van der Waals surface area contributed by atoms with E-state index in [4.69, 9.17) is 25.8 Å². The van der Waals surface area contributed by atoms with Crippen molar-refractivity contribution in [1.82, 2.24) is 20.2 Å². The van der Waals surface area contributed by atoms with Gasteiger partial charge in [0, 0.05) is 16.3 Å². The molecule has 0 saturated heterocycles. The first-order valence-corrected chi connectivity index (χ1v) is 12.8. The van der Waals surface area contributed by atoms with Crippen molar-refractivity contribution in [3.63, 3.8) is 0 Å². The van der Waals surface area contributed by atoms with Gasteiger partial charge in [0.05, 0.1) is 32.8 Å². The molecule has 1 aromatic heterocycles. The topological polar surface area (TPSA) is 99.9 Å². The molecule has 11 heteroatoms. The van der Waals surface area contributed by atoms with E-state index < -0.39 is 0 Å². The SMILES string of the molecule is COc1cc(-c2nnc(SCC(=O)N/N=C(\C)c3ccc(Cl)cc3)n2-c2ccccc2)cc(OC)c1OC. The second-order valence-corrected chi connectivity index (χ2v) is 9.30. The average molecular weight is 552 g/mol. The minimum atomic E-state index is -0.278. The van der Waals surface area contributed by atoms with Gasteiger partial charge in [-0.3, -0.25) is 9.36 Å². The van der Waals surface area contributed by atoms with Gasteiger partial charge in [0.15, 0.2) is 22.5 Å². The fourth-order valence-corrected chi connectivity index (χ4v) is 4.50. The standard InChI is InChI=1S/C27H26ClN5O4S/c1-17(18-10-12-20(28)13-11-18)29-30-24(34)16-38-27-32-31-26(33(27)21-8-6-5-7-9-21)19-14-22(35-2)25(37-4)23(15-19)36-3/h5-15H,16H2,1-4H3,(H,30,34)/b29-17+. The lowest BCUT2D eigenvalue weighted by atomic mass is 10.1. The lowest BCUT2D eigenvalue weighted by molar-refractivity contribution is -0.118. The number of benzene rings is 3. The van der Waals surface area contributed by atoms with Gasteiger partial charge in [-0.05, 0) is 48.9 Å². The Morgan fingerprint density at radius 3 is 2.24 bits per heavy atom. The van der Waals surface area contributed by atoms with Gasteiger partial charge in [0.2, 0.25) is 5.75 Å². The number of carbonyl (C=O) groups is 1. The third-order valence-corrected chi connectivity index (χ3v) is 6.69. The zero-order valence-electron chi connectivity index (χ0n) is 21.3. The van der Waals surface area contributed by atoms with Crippen molar-refractivity contribution in [1.29, 1.82) is 0 Å². The Labute approximate surface area is 229 Å². The zero-order chi connectivity index (χ0) is 27.1. The highest BCUT2D eigenvalue weighted by atomic mass is 35.5.